The van der Waals surface area contributed by atoms with Gasteiger partial charge in [0.15, 0.2) is 11.4 Å². The minimum absolute atomic E-state index is 0.00415. The number of likely N-dealkylation sites (N-methyl/N-ethyl adjacent to an activating group) is 1. The average Bonchev–Trinajstić information content (AvgIpc) is 2.99. The normalized spacial score (nSPS) is 13.7. The molecule has 0 aliphatic carbocycles. The van der Waals surface area contributed by atoms with E-state index in [1.54, 1.807) is 55.6 Å². The highest BCUT2D eigenvalue weighted by Crippen LogP contribution is 2.31. The summed E-state index contributed by atoms with van der Waals surface area (Å²) in [5, 5.41) is 7.63. The molecule has 9 heteroatoms. The maximum absolute atomic E-state index is 13.8. The maximum Gasteiger partial charge on any atom is 0.299 e. The van der Waals surface area contributed by atoms with Crippen LogP contribution in [-0.2, 0) is 0 Å². The number of nitrogens with zero attached hydrogens (tertiary/aromatic N) is 4. The minimum Gasteiger partial charge on any atom is -0.497 e. The van der Waals surface area contributed by atoms with Gasteiger partial charge in [0.05, 0.1) is 19.0 Å². The Hall–Kier alpha value is -4.63. The summed E-state index contributed by atoms with van der Waals surface area (Å²) in [6.07, 6.45) is 1.53. The molecule has 1 saturated heterocycles. The lowest BCUT2D eigenvalue weighted by Gasteiger charge is -2.32. The van der Waals surface area contributed by atoms with Crippen LogP contribution in [0.3, 0.4) is 0 Å². The zero-order valence-electron chi connectivity index (χ0n) is 23.8. The van der Waals surface area contributed by atoms with Gasteiger partial charge in [-0.3, -0.25) is 9.59 Å². The van der Waals surface area contributed by atoms with E-state index in [0.717, 1.165) is 18.7 Å². The van der Waals surface area contributed by atoms with Crippen molar-refractivity contribution < 1.29 is 14.3 Å². The summed E-state index contributed by atoms with van der Waals surface area (Å²) in [6, 6.07) is 22.0. The second-order valence-corrected chi connectivity index (χ2v) is 10.4. The summed E-state index contributed by atoms with van der Waals surface area (Å²) in [5.41, 5.74) is 2.80. The molecule has 4 aromatic rings. The van der Waals surface area contributed by atoms with Crippen LogP contribution in [0.15, 0.2) is 83.8 Å². The molecule has 9 nitrogen and oxygen atoms in total. The molecule has 41 heavy (non-hydrogen) atoms. The first-order valence-corrected chi connectivity index (χ1v) is 13.7. The van der Waals surface area contributed by atoms with Crippen molar-refractivity contribution in [1.29, 1.82) is 0 Å². The quantitative estimate of drug-likeness (QED) is 0.317. The molecule has 0 bridgehead atoms. The molecule has 2 heterocycles. The second kappa shape index (κ2) is 12.3. The number of piperazine rings is 1. The third-order valence-electron chi connectivity index (χ3n) is 7.20. The number of rotatable bonds is 8. The van der Waals surface area contributed by atoms with E-state index in [2.05, 4.69) is 36.2 Å². The number of amides is 1. The van der Waals surface area contributed by atoms with Gasteiger partial charge in [0.1, 0.15) is 11.5 Å². The summed E-state index contributed by atoms with van der Waals surface area (Å²) < 4.78 is 12.8. The topological polar surface area (TPSA) is 88.9 Å². The number of carbonyl (C=O) groups is 1. The number of carbonyl (C=O) groups excluding carboxylic acids is 1. The molecule has 1 aromatic heterocycles. The van der Waals surface area contributed by atoms with Gasteiger partial charge in [-0.05, 0) is 79.2 Å². The standard InChI is InChI=1S/C32H35N5O4/c1-22(2)24-6-5-7-28(20-24)41-29-21-33-37(26-12-14-27(40-4)15-13-26)32(39)30(29)34-25-10-8-23(9-11-25)31(38)36-18-16-35(3)17-19-36/h5-15,20-22,34H,16-19H2,1-4H3. The van der Waals surface area contributed by atoms with Gasteiger partial charge in [0, 0.05) is 37.4 Å². The van der Waals surface area contributed by atoms with Crippen molar-refractivity contribution in [1.82, 2.24) is 19.6 Å². The van der Waals surface area contributed by atoms with Crippen LogP contribution in [0.5, 0.6) is 17.2 Å². The van der Waals surface area contributed by atoms with Crippen molar-refractivity contribution in [3.05, 3.63) is 100 Å². The monoisotopic (exact) mass is 553 g/mol. The molecule has 0 radical (unpaired) electrons. The van der Waals surface area contributed by atoms with Gasteiger partial charge in [-0.1, -0.05) is 26.0 Å². The molecular weight excluding hydrogens is 518 g/mol. The van der Waals surface area contributed by atoms with Crippen molar-refractivity contribution in [2.24, 2.45) is 0 Å². The van der Waals surface area contributed by atoms with Crippen LogP contribution in [0.25, 0.3) is 5.69 Å². The van der Waals surface area contributed by atoms with Gasteiger partial charge in [0.25, 0.3) is 11.5 Å². The molecule has 1 fully saturated rings. The van der Waals surface area contributed by atoms with E-state index >= 15 is 0 Å². The van der Waals surface area contributed by atoms with E-state index in [4.69, 9.17) is 9.47 Å². The molecule has 0 atom stereocenters. The van der Waals surface area contributed by atoms with Crippen LogP contribution < -0.4 is 20.3 Å². The predicted octanol–water partition coefficient (Wildman–Crippen LogP) is 5.29. The smallest absolute Gasteiger partial charge is 0.299 e. The van der Waals surface area contributed by atoms with Crippen LogP contribution >= 0.6 is 0 Å². The number of benzene rings is 3. The molecular formula is C32H35N5O4. The predicted molar refractivity (Wildman–Crippen MR) is 160 cm³/mol. The van der Waals surface area contributed by atoms with Crippen molar-refractivity contribution in [3.8, 4) is 22.9 Å². The Bertz CT molecular complexity index is 1560. The number of methoxy groups -OCH3 is 1. The van der Waals surface area contributed by atoms with Crippen molar-refractivity contribution >= 4 is 17.3 Å². The first-order valence-electron chi connectivity index (χ1n) is 13.7. The fraction of sp³-hybridized carbons (Fsp3) is 0.281. The maximum atomic E-state index is 13.8. The molecule has 5 rings (SSSR count). The van der Waals surface area contributed by atoms with E-state index in [-0.39, 0.29) is 17.2 Å². The molecule has 1 aliphatic rings. The van der Waals surface area contributed by atoms with Crippen LogP contribution in [0.4, 0.5) is 11.4 Å². The summed E-state index contributed by atoms with van der Waals surface area (Å²) in [7, 11) is 3.65. The fourth-order valence-electron chi connectivity index (χ4n) is 4.63. The third kappa shape index (κ3) is 6.41. The Morgan fingerprint density at radius 3 is 2.29 bits per heavy atom. The highest BCUT2D eigenvalue weighted by molar-refractivity contribution is 5.94. The van der Waals surface area contributed by atoms with Crippen LogP contribution in [0.2, 0.25) is 0 Å². The van der Waals surface area contributed by atoms with Crippen molar-refractivity contribution in [2.75, 3.05) is 45.7 Å². The number of anilines is 2. The number of aromatic nitrogens is 2. The van der Waals surface area contributed by atoms with E-state index in [1.807, 2.05) is 29.2 Å². The van der Waals surface area contributed by atoms with Crippen molar-refractivity contribution in [3.63, 3.8) is 0 Å². The Morgan fingerprint density at radius 1 is 0.927 bits per heavy atom. The van der Waals surface area contributed by atoms with E-state index < -0.39 is 0 Å². The lowest BCUT2D eigenvalue weighted by Crippen LogP contribution is -2.47. The Balaban J connectivity index is 1.46. The molecule has 0 saturated carbocycles. The van der Waals surface area contributed by atoms with Crippen LogP contribution in [0, 0.1) is 0 Å². The van der Waals surface area contributed by atoms with E-state index in [0.29, 0.717) is 53.2 Å². The molecule has 212 valence electrons. The minimum atomic E-state index is -0.384. The van der Waals surface area contributed by atoms with Gasteiger partial charge >= 0.3 is 0 Å². The molecule has 3 aromatic carbocycles. The first kappa shape index (κ1) is 27.9. The lowest BCUT2D eigenvalue weighted by atomic mass is 10.0. The van der Waals surface area contributed by atoms with E-state index in [9.17, 15) is 9.59 Å². The van der Waals surface area contributed by atoms with Gasteiger partial charge < -0.3 is 24.6 Å². The number of nitrogens with one attached hydrogen (secondary N) is 1. The first-order chi connectivity index (χ1) is 19.8. The third-order valence-corrected chi connectivity index (χ3v) is 7.20. The van der Waals surface area contributed by atoms with Gasteiger partial charge in [-0.25, -0.2) is 0 Å². The molecule has 1 amide bonds. The number of ether oxygens (including phenoxy) is 2. The Labute approximate surface area is 239 Å². The zero-order chi connectivity index (χ0) is 28.9. The number of hydrogen-bond acceptors (Lipinski definition) is 7. The largest absolute Gasteiger partial charge is 0.497 e. The zero-order valence-corrected chi connectivity index (χ0v) is 23.8. The summed E-state index contributed by atoms with van der Waals surface area (Å²) in [5.74, 6) is 1.90. The van der Waals surface area contributed by atoms with Gasteiger partial charge in [0.2, 0.25) is 0 Å². The Kier molecular flexibility index (Phi) is 8.35. The number of hydrogen-bond donors (Lipinski definition) is 1. The SMILES string of the molecule is COc1ccc(-n2ncc(Oc3cccc(C(C)C)c3)c(Nc3ccc(C(=O)N4CCN(C)CC4)cc3)c2=O)cc1. The Morgan fingerprint density at radius 2 is 1.63 bits per heavy atom. The summed E-state index contributed by atoms with van der Waals surface area (Å²) in [6.45, 7) is 7.35. The molecule has 0 spiro atoms. The molecule has 0 unspecified atom stereocenters. The second-order valence-electron chi connectivity index (χ2n) is 10.4. The highest BCUT2D eigenvalue weighted by Gasteiger charge is 2.21. The summed E-state index contributed by atoms with van der Waals surface area (Å²) in [4.78, 5) is 30.9. The molecule has 1 N–H and O–H groups in total. The van der Waals surface area contributed by atoms with Crippen LogP contribution in [-0.4, -0.2) is 65.8 Å². The molecule has 1 aliphatic heterocycles. The van der Waals surface area contributed by atoms with Gasteiger partial charge in [-0.2, -0.15) is 9.78 Å². The van der Waals surface area contributed by atoms with Crippen LogP contribution in [0.1, 0.15) is 35.7 Å². The summed E-state index contributed by atoms with van der Waals surface area (Å²) >= 11 is 0. The van der Waals surface area contributed by atoms with Crippen molar-refractivity contribution in [2.45, 2.75) is 19.8 Å². The lowest BCUT2D eigenvalue weighted by molar-refractivity contribution is 0.0664. The average molecular weight is 554 g/mol. The van der Waals surface area contributed by atoms with E-state index in [1.165, 1.54) is 10.9 Å². The highest BCUT2D eigenvalue weighted by atomic mass is 16.5. The fourth-order valence-corrected chi connectivity index (χ4v) is 4.63. The van der Waals surface area contributed by atoms with Gasteiger partial charge in [-0.15, -0.1) is 0 Å².